The Morgan fingerprint density at radius 3 is 2.51 bits per heavy atom. The monoisotopic (exact) mass is 473 g/mol. The number of aromatic amines is 1. The first-order valence-electron chi connectivity index (χ1n) is 10.6. The van der Waals surface area contributed by atoms with Gasteiger partial charge in [0.1, 0.15) is 17.3 Å². The number of benzene rings is 3. The van der Waals surface area contributed by atoms with Crippen molar-refractivity contribution in [1.29, 1.82) is 0 Å². The molecular formula is C25H23N5O5. The van der Waals surface area contributed by atoms with Gasteiger partial charge >= 0.3 is 0 Å². The Kier molecular flexibility index (Phi) is 5.96. The van der Waals surface area contributed by atoms with Crippen LogP contribution in [0.1, 0.15) is 32.1 Å². The highest BCUT2D eigenvalue weighted by atomic mass is 16.6. The molecule has 35 heavy (non-hydrogen) atoms. The Labute approximate surface area is 200 Å². The Hall–Kier alpha value is -4.73. The van der Waals surface area contributed by atoms with Crippen molar-refractivity contribution in [3.05, 3.63) is 81.2 Å². The van der Waals surface area contributed by atoms with Gasteiger partial charge in [0.05, 0.1) is 34.2 Å². The molecule has 0 saturated heterocycles. The molecule has 0 saturated carbocycles. The number of hydrogen-bond donors (Lipinski definition) is 2. The van der Waals surface area contributed by atoms with E-state index in [4.69, 9.17) is 10.5 Å². The van der Waals surface area contributed by atoms with Gasteiger partial charge in [0, 0.05) is 24.2 Å². The van der Waals surface area contributed by atoms with Crippen molar-refractivity contribution in [3.8, 4) is 16.9 Å². The number of nitro groups is 1. The van der Waals surface area contributed by atoms with E-state index < -0.39 is 16.7 Å². The molecule has 0 aliphatic carbocycles. The van der Waals surface area contributed by atoms with Gasteiger partial charge in [-0.05, 0) is 43.7 Å². The summed E-state index contributed by atoms with van der Waals surface area (Å²) in [5.74, 6) is -0.688. The summed E-state index contributed by atoms with van der Waals surface area (Å²) in [6.45, 7) is 3.55. The number of nitrogens with one attached hydrogen (secondary N) is 1. The van der Waals surface area contributed by atoms with E-state index in [1.54, 1.807) is 19.1 Å². The molecule has 0 aliphatic heterocycles. The molecule has 1 heterocycles. The Morgan fingerprint density at radius 1 is 1.11 bits per heavy atom. The molecule has 0 aliphatic rings. The number of carbonyl (C=O) groups is 2. The minimum absolute atomic E-state index is 0.0409. The van der Waals surface area contributed by atoms with Crippen molar-refractivity contribution in [3.63, 3.8) is 0 Å². The van der Waals surface area contributed by atoms with E-state index in [1.165, 1.54) is 32.4 Å². The number of carbonyl (C=O) groups excluding carboxylic acids is 2. The fourth-order valence-corrected chi connectivity index (χ4v) is 4.16. The maximum Gasteiger partial charge on any atom is 0.293 e. The number of nitrogens with zero attached hydrogens (tertiary/aromatic N) is 3. The molecule has 3 N–H and O–H groups in total. The van der Waals surface area contributed by atoms with Crippen molar-refractivity contribution >= 4 is 34.2 Å². The number of hydrogen-bond acceptors (Lipinski definition) is 6. The second-order valence-corrected chi connectivity index (χ2v) is 8.07. The number of aromatic nitrogens is 2. The van der Waals surface area contributed by atoms with E-state index in [0.29, 0.717) is 22.2 Å². The van der Waals surface area contributed by atoms with E-state index in [2.05, 4.69) is 9.97 Å². The minimum atomic E-state index is -0.871. The van der Waals surface area contributed by atoms with Gasteiger partial charge in [-0.3, -0.25) is 19.7 Å². The molecule has 10 nitrogen and oxygen atoms in total. The molecular weight excluding hydrogens is 450 g/mol. The zero-order valence-corrected chi connectivity index (χ0v) is 19.6. The summed E-state index contributed by atoms with van der Waals surface area (Å²) >= 11 is 0. The highest BCUT2D eigenvalue weighted by Crippen LogP contribution is 2.39. The first kappa shape index (κ1) is 23.4. The van der Waals surface area contributed by atoms with Crippen LogP contribution in [0, 0.1) is 24.0 Å². The number of anilines is 1. The third-order valence-corrected chi connectivity index (χ3v) is 5.75. The van der Waals surface area contributed by atoms with E-state index in [9.17, 15) is 19.7 Å². The predicted molar refractivity (Wildman–Crippen MR) is 132 cm³/mol. The van der Waals surface area contributed by atoms with Gasteiger partial charge in [-0.2, -0.15) is 0 Å². The van der Waals surface area contributed by atoms with E-state index >= 15 is 0 Å². The van der Waals surface area contributed by atoms with E-state index in [-0.39, 0.29) is 28.3 Å². The van der Waals surface area contributed by atoms with E-state index in [1.807, 2.05) is 25.1 Å². The summed E-state index contributed by atoms with van der Waals surface area (Å²) in [5, 5.41) is 11.6. The molecule has 178 valence electrons. The number of rotatable bonds is 6. The van der Waals surface area contributed by atoms with Gasteiger partial charge in [0.2, 0.25) is 0 Å². The lowest BCUT2D eigenvalue weighted by molar-refractivity contribution is -0.384. The number of aryl methyl sites for hydroxylation is 2. The summed E-state index contributed by atoms with van der Waals surface area (Å²) in [6.07, 6.45) is 0. The van der Waals surface area contributed by atoms with Gasteiger partial charge in [0.15, 0.2) is 0 Å². The van der Waals surface area contributed by atoms with Crippen molar-refractivity contribution in [1.82, 2.24) is 9.97 Å². The van der Waals surface area contributed by atoms with Crippen molar-refractivity contribution in [2.24, 2.45) is 5.73 Å². The molecule has 0 spiro atoms. The number of ether oxygens (including phenoxy) is 1. The molecule has 4 rings (SSSR count). The van der Waals surface area contributed by atoms with Crippen molar-refractivity contribution in [2.75, 3.05) is 19.1 Å². The maximum atomic E-state index is 13.5. The zero-order valence-electron chi connectivity index (χ0n) is 19.6. The highest BCUT2D eigenvalue weighted by Gasteiger charge is 2.29. The Bertz CT molecular complexity index is 1510. The Morgan fingerprint density at radius 2 is 1.86 bits per heavy atom. The molecule has 0 radical (unpaired) electrons. The van der Waals surface area contributed by atoms with Gasteiger partial charge < -0.3 is 20.4 Å². The van der Waals surface area contributed by atoms with Crippen molar-refractivity contribution < 1.29 is 19.2 Å². The molecule has 1 aromatic heterocycles. The maximum absolute atomic E-state index is 13.5. The van der Waals surface area contributed by atoms with Crippen LogP contribution in [0.4, 0.5) is 11.4 Å². The predicted octanol–water partition coefficient (Wildman–Crippen LogP) is 4.14. The Balaban J connectivity index is 1.89. The number of H-pyrrole nitrogens is 1. The summed E-state index contributed by atoms with van der Waals surface area (Å²) < 4.78 is 5.58. The second kappa shape index (κ2) is 8.90. The van der Waals surface area contributed by atoms with Crippen LogP contribution in [-0.2, 0) is 0 Å². The summed E-state index contributed by atoms with van der Waals surface area (Å²) in [4.78, 5) is 45.9. The molecule has 0 atom stereocenters. The number of imidazole rings is 1. The fraction of sp³-hybridized carbons (Fsp3) is 0.160. The zero-order chi connectivity index (χ0) is 25.4. The normalized spacial score (nSPS) is 10.9. The lowest BCUT2D eigenvalue weighted by Crippen LogP contribution is -2.30. The number of primary amides is 1. The third-order valence-electron chi connectivity index (χ3n) is 5.75. The molecule has 4 aromatic rings. The lowest BCUT2D eigenvalue weighted by Gasteiger charge is -2.21. The number of fused-ring (bicyclic) bond motifs is 1. The van der Waals surface area contributed by atoms with Gasteiger partial charge in [-0.15, -0.1) is 0 Å². The number of amides is 2. The van der Waals surface area contributed by atoms with Crippen LogP contribution in [0.25, 0.3) is 22.2 Å². The smallest absolute Gasteiger partial charge is 0.293 e. The first-order valence-corrected chi connectivity index (χ1v) is 10.6. The number of methoxy groups -OCH3 is 1. The molecule has 3 aromatic carbocycles. The molecule has 0 fully saturated rings. The van der Waals surface area contributed by atoms with Crippen LogP contribution in [0.15, 0.2) is 48.5 Å². The van der Waals surface area contributed by atoms with Crippen LogP contribution in [0.2, 0.25) is 0 Å². The quantitative estimate of drug-likeness (QED) is 0.318. The van der Waals surface area contributed by atoms with Gasteiger partial charge in [-0.25, -0.2) is 4.98 Å². The van der Waals surface area contributed by atoms with Gasteiger partial charge in [-0.1, -0.05) is 18.2 Å². The van der Waals surface area contributed by atoms with Crippen LogP contribution in [-0.4, -0.2) is 40.9 Å². The topological polar surface area (TPSA) is 144 Å². The third kappa shape index (κ3) is 4.05. The van der Waals surface area contributed by atoms with Gasteiger partial charge in [0.25, 0.3) is 17.5 Å². The standard InChI is InChI=1S/C25H23N5O5/c1-13-8-11-19(20(12-13)30(33)34)29(3)25(32)17-10-9-16(23(35-4)21(17)24(26)31)15-6-5-7-18-22(15)28-14(2)27-18/h5-12H,1-4H3,(H2,26,31)(H,27,28). The highest BCUT2D eigenvalue weighted by molar-refractivity contribution is 6.15. The lowest BCUT2D eigenvalue weighted by atomic mass is 9.95. The van der Waals surface area contributed by atoms with Crippen LogP contribution in [0.3, 0.4) is 0 Å². The van der Waals surface area contributed by atoms with Crippen LogP contribution >= 0.6 is 0 Å². The fourth-order valence-electron chi connectivity index (χ4n) is 4.16. The number of nitrogens with two attached hydrogens (primary N) is 1. The van der Waals surface area contributed by atoms with Crippen molar-refractivity contribution in [2.45, 2.75) is 13.8 Å². The molecule has 0 unspecified atom stereocenters. The first-order chi connectivity index (χ1) is 16.6. The average Bonchev–Trinajstić information content (AvgIpc) is 3.22. The molecule has 10 heteroatoms. The average molecular weight is 473 g/mol. The van der Waals surface area contributed by atoms with Crippen LogP contribution in [0.5, 0.6) is 5.75 Å². The minimum Gasteiger partial charge on any atom is -0.495 e. The van der Waals surface area contributed by atoms with E-state index in [0.717, 1.165) is 16.2 Å². The number of para-hydroxylation sites is 1. The molecule has 2 amide bonds. The second-order valence-electron chi connectivity index (χ2n) is 8.07. The summed E-state index contributed by atoms with van der Waals surface area (Å²) in [7, 11) is 2.78. The summed E-state index contributed by atoms with van der Waals surface area (Å²) in [5.41, 5.74) is 8.76. The van der Waals surface area contributed by atoms with Crippen LogP contribution < -0.4 is 15.4 Å². The summed E-state index contributed by atoms with van der Waals surface area (Å²) in [6, 6.07) is 13.2. The number of nitro benzene ring substituents is 1. The largest absolute Gasteiger partial charge is 0.495 e. The molecule has 0 bridgehead atoms. The SMILES string of the molecule is COc1c(-c2cccc3[nH]c(C)nc23)ccc(C(=O)N(C)c2ccc(C)cc2[N+](=O)[O-])c1C(N)=O.